The summed E-state index contributed by atoms with van der Waals surface area (Å²) in [5.74, 6) is 1.69. The summed E-state index contributed by atoms with van der Waals surface area (Å²) in [7, 11) is 0. The second-order valence-corrected chi connectivity index (χ2v) is 6.38. The van der Waals surface area contributed by atoms with Crippen LogP contribution in [0.25, 0.3) is 0 Å². The molecule has 0 spiro atoms. The molecular formula is C20H19ClN2O4. The van der Waals surface area contributed by atoms with Crippen molar-refractivity contribution in [1.29, 1.82) is 5.26 Å². The molecule has 1 amide bonds. The Labute approximate surface area is 162 Å². The molecule has 1 N–H and O–H groups in total. The van der Waals surface area contributed by atoms with Crippen LogP contribution >= 0.6 is 11.6 Å². The van der Waals surface area contributed by atoms with E-state index in [1.807, 2.05) is 0 Å². The van der Waals surface area contributed by atoms with Crippen LogP contribution in [0.5, 0.6) is 17.2 Å². The summed E-state index contributed by atoms with van der Waals surface area (Å²) in [4.78, 5) is 12.1. The number of hydrogen-bond donors (Lipinski definition) is 1. The molecule has 0 radical (unpaired) electrons. The van der Waals surface area contributed by atoms with Gasteiger partial charge in [-0.3, -0.25) is 4.79 Å². The highest BCUT2D eigenvalue weighted by Crippen LogP contribution is 2.38. The summed E-state index contributed by atoms with van der Waals surface area (Å²) in [6.07, 6.45) is 1.75. The van der Waals surface area contributed by atoms with Gasteiger partial charge in [-0.05, 0) is 31.0 Å². The normalized spacial score (nSPS) is 12.1. The monoisotopic (exact) mass is 386 g/mol. The number of halogens is 1. The zero-order valence-corrected chi connectivity index (χ0v) is 15.4. The molecule has 1 heterocycles. The number of unbranched alkanes of at least 4 members (excludes halogenated alkanes) is 1. The van der Waals surface area contributed by atoms with Crippen molar-refractivity contribution in [2.24, 2.45) is 0 Å². The number of benzene rings is 2. The van der Waals surface area contributed by atoms with Gasteiger partial charge < -0.3 is 19.5 Å². The Kier molecular flexibility index (Phi) is 6.39. The number of ether oxygens (including phenoxy) is 3. The van der Waals surface area contributed by atoms with Crippen molar-refractivity contribution in [2.45, 2.75) is 19.3 Å². The summed E-state index contributed by atoms with van der Waals surface area (Å²) < 4.78 is 16.5. The van der Waals surface area contributed by atoms with Gasteiger partial charge in [0.2, 0.25) is 5.91 Å². The van der Waals surface area contributed by atoms with Gasteiger partial charge >= 0.3 is 0 Å². The van der Waals surface area contributed by atoms with Crippen molar-refractivity contribution in [3.63, 3.8) is 0 Å². The largest absolute Gasteiger partial charge is 0.494 e. The smallest absolute Gasteiger partial charge is 0.224 e. The fraction of sp³-hybridized carbons (Fsp3) is 0.300. The molecule has 0 fully saturated rings. The van der Waals surface area contributed by atoms with Crippen LogP contribution in [-0.2, 0) is 4.79 Å². The van der Waals surface area contributed by atoms with Gasteiger partial charge in [0.25, 0.3) is 0 Å². The van der Waals surface area contributed by atoms with Crippen LogP contribution in [0.1, 0.15) is 24.8 Å². The van der Waals surface area contributed by atoms with Crippen molar-refractivity contribution < 1.29 is 19.0 Å². The van der Waals surface area contributed by atoms with Crippen molar-refractivity contribution in [3.05, 3.63) is 47.0 Å². The Morgan fingerprint density at radius 2 is 1.96 bits per heavy atom. The minimum Gasteiger partial charge on any atom is -0.494 e. The molecular weight excluding hydrogens is 368 g/mol. The van der Waals surface area contributed by atoms with E-state index in [4.69, 9.17) is 31.1 Å². The average molecular weight is 387 g/mol. The van der Waals surface area contributed by atoms with E-state index in [0.717, 1.165) is 6.42 Å². The minimum absolute atomic E-state index is 0.125. The number of amides is 1. The molecule has 3 rings (SSSR count). The van der Waals surface area contributed by atoms with Gasteiger partial charge in [-0.1, -0.05) is 17.7 Å². The van der Waals surface area contributed by atoms with E-state index >= 15 is 0 Å². The highest BCUT2D eigenvalue weighted by atomic mass is 35.5. The number of fused-ring (bicyclic) bond motifs is 1. The summed E-state index contributed by atoms with van der Waals surface area (Å²) in [5, 5.41) is 12.1. The quantitative estimate of drug-likeness (QED) is 0.722. The van der Waals surface area contributed by atoms with Crippen LogP contribution in [-0.4, -0.2) is 25.7 Å². The Balaban J connectivity index is 1.41. The maximum Gasteiger partial charge on any atom is 0.224 e. The first kappa shape index (κ1) is 18.9. The number of rotatable bonds is 7. The van der Waals surface area contributed by atoms with Crippen molar-refractivity contribution >= 4 is 23.2 Å². The molecule has 0 unspecified atom stereocenters. The highest BCUT2D eigenvalue weighted by Gasteiger charge is 2.16. The number of carbonyl (C=O) groups excluding carboxylic acids is 1. The molecule has 0 aliphatic carbocycles. The van der Waals surface area contributed by atoms with E-state index in [-0.39, 0.29) is 5.91 Å². The van der Waals surface area contributed by atoms with E-state index < -0.39 is 0 Å². The molecule has 0 saturated carbocycles. The van der Waals surface area contributed by atoms with Crippen LogP contribution in [0.4, 0.5) is 5.69 Å². The summed E-state index contributed by atoms with van der Waals surface area (Å²) >= 11 is 6.19. The number of nitrogens with zero attached hydrogens (tertiary/aromatic N) is 1. The first-order chi connectivity index (χ1) is 13.2. The molecule has 1 aliphatic heterocycles. The second kappa shape index (κ2) is 9.15. The van der Waals surface area contributed by atoms with Gasteiger partial charge in [0.1, 0.15) is 19.0 Å². The lowest BCUT2D eigenvalue weighted by Crippen LogP contribution is -2.16. The van der Waals surface area contributed by atoms with E-state index in [2.05, 4.69) is 11.4 Å². The minimum atomic E-state index is -0.125. The van der Waals surface area contributed by atoms with Crippen LogP contribution in [0, 0.1) is 11.3 Å². The van der Waals surface area contributed by atoms with Crippen molar-refractivity contribution in [2.75, 3.05) is 25.1 Å². The van der Waals surface area contributed by atoms with E-state index in [0.29, 0.717) is 66.2 Å². The molecule has 140 valence electrons. The van der Waals surface area contributed by atoms with Gasteiger partial charge in [0.05, 0.1) is 28.9 Å². The predicted molar refractivity (Wildman–Crippen MR) is 102 cm³/mol. The van der Waals surface area contributed by atoms with Crippen LogP contribution < -0.4 is 19.5 Å². The molecule has 27 heavy (non-hydrogen) atoms. The topological polar surface area (TPSA) is 80.6 Å². The Morgan fingerprint density at radius 3 is 2.74 bits per heavy atom. The number of nitrogens with one attached hydrogen (secondary N) is 1. The zero-order chi connectivity index (χ0) is 19.1. The molecule has 2 aromatic carbocycles. The Hall–Kier alpha value is -2.91. The fourth-order valence-corrected chi connectivity index (χ4v) is 2.81. The lowest BCUT2D eigenvalue weighted by atomic mass is 10.2. The highest BCUT2D eigenvalue weighted by molar-refractivity contribution is 6.34. The molecule has 2 aromatic rings. The maximum absolute atomic E-state index is 12.1. The second-order valence-electron chi connectivity index (χ2n) is 5.97. The number of nitriles is 1. The van der Waals surface area contributed by atoms with Crippen molar-refractivity contribution in [1.82, 2.24) is 0 Å². The molecule has 0 bridgehead atoms. The summed E-state index contributed by atoms with van der Waals surface area (Å²) in [6, 6.07) is 12.4. The molecule has 7 heteroatoms. The predicted octanol–water partition coefficient (Wildman–Crippen LogP) is 4.17. The Morgan fingerprint density at radius 1 is 1.19 bits per heavy atom. The van der Waals surface area contributed by atoms with E-state index in [1.54, 1.807) is 36.4 Å². The van der Waals surface area contributed by atoms with Gasteiger partial charge in [-0.25, -0.2) is 0 Å². The number of hydrogen-bond acceptors (Lipinski definition) is 5. The molecule has 0 saturated heterocycles. The Bertz CT molecular complexity index is 864. The van der Waals surface area contributed by atoms with Crippen molar-refractivity contribution in [3.8, 4) is 23.3 Å². The van der Waals surface area contributed by atoms with Gasteiger partial charge in [-0.2, -0.15) is 5.26 Å². The molecule has 0 atom stereocenters. The zero-order valence-electron chi connectivity index (χ0n) is 14.7. The van der Waals surface area contributed by atoms with Gasteiger partial charge in [0.15, 0.2) is 11.5 Å². The van der Waals surface area contributed by atoms with E-state index in [1.165, 1.54) is 0 Å². The van der Waals surface area contributed by atoms with Crippen LogP contribution in [0.3, 0.4) is 0 Å². The SMILES string of the molecule is N#Cc1cccc(OCCCCC(=O)Nc2cc3c(cc2Cl)OCCO3)c1. The van der Waals surface area contributed by atoms with Gasteiger partial charge in [0, 0.05) is 18.6 Å². The first-order valence-corrected chi connectivity index (χ1v) is 9.05. The lowest BCUT2D eigenvalue weighted by Gasteiger charge is -2.20. The summed E-state index contributed by atoms with van der Waals surface area (Å²) in [5.41, 5.74) is 1.07. The first-order valence-electron chi connectivity index (χ1n) is 8.67. The molecule has 6 nitrogen and oxygen atoms in total. The molecule has 1 aliphatic rings. The van der Waals surface area contributed by atoms with Crippen LogP contribution in [0.2, 0.25) is 5.02 Å². The van der Waals surface area contributed by atoms with E-state index in [9.17, 15) is 4.79 Å². The molecule has 0 aromatic heterocycles. The fourth-order valence-electron chi connectivity index (χ4n) is 2.61. The maximum atomic E-state index is 12.1. The number of carbonyl (C=O) groups is 1. The lowest BCUT2D eigenvalue weighted by molar-refractivity contribution is -0.116. The summed E-state index contributed by atoms with van der Waals surface area (Å²) in [6.45, 7) is 1.43. The standard InChI is InChI=1S/C20H19ClN2O4/c21-16-11-18-19(27-9-8-26-18)12-17(16)23-20(24)6-1-2-7-25-15-5-3-4-14(10-15)13-22/h3-5,10-12H,1-2,6-9H2,(H,23,24). The third kappa shape index (κ3) is 5.28. The van der Waals surface area contributed by atoms with Gasteiger partial charge in [-0.15, -0.1) is 0 Å². The van der Waals surface area contributed by atoms with Crippen LogP contribution in [0.15, 0.2) is 36.4 Å². The third-order valence-corrected chi connectivity index (χ3v) is 4.25. The number of anilines is 1. The average Bonchev–Trinajstić information content (AvgIpc) is 2.68. The third-order valence-electron chi connectivity index (χ3n) is 3.94.